The molecule has 0 heterocycles. The normalized spacial score (nSPS) is 12.2. The van der Waals surface area contributed by atoms with Crippen molar-refractivity contribution in [3.63, 3.8) is 0 Å². The van der Waals surface area contributed by atoms with E-state index in [0.717, 1.165) is 0 Å². The van der Waals surface area contributed by atoms with E-state index in [1.54, 1.807) is 0 Å². The second-order valence-corrected chi connectivity index (χ2v) is 10.2. The smallest absolute Gasteiger partial charge is 0.192 e. The van der Waals surface area contributed by atoms with Crippen LogP contribution in [0.5, 0.6) is 0 Å². The third-order valence-electron chi connectivity index (χ3n) is 2.72. The minimum absolute atomic E-state index is 0.297. The van der Waals surface area contributed by atoms with Crippen molar-refractivity contribution in [1.29, 1.82) is 0 Å². The molecular weight excluding hydrogens is 188 g/mol. The molecule has 82 valence electrons. The van der Waals surface area contributed by atoms with Gasteiger partial charge in [-0.25, -0.2) is 0 Å². The van der Waals surface area contributed by atoms with E-state index in [1.807, 2.05) is 19.9 Å². The van der Waals surface area contributed by atoms with Crippen LogP contribution >= 0.6 is 0 Å². The van der Waals surface area contributed by atoms with Gasteiger partial charge in [0.15, 0.2) is 8.32 Å². The molecule has 0 aromatic heterocycles. The first-order chi connectivity index (χ1) is 6.17. The molecule has 0 amide bonds. The maximum atomic E-state index is 5.95. The molecule has 0 saturated carbocycles. The Morgan fingerprint density at radius 1 is 1.29 bits per heavy atom. The summed E-state index contributed by atoms with van der Waals surface area (Å²) in [7, 11) is -1.56. The van der Waals surface area contributed by atoms with Crippen LogP contribution in [0.4, 0.5) is 0 Å². The van der Waals surface area contributed by atoms with Gasteiger partial charge in [0.2, 0.25) is 0 Å². The topological polar surface area (TPSA) is 9.23 Å². The van der Waals surface area contributed by atoms with Crippen molar-refractivity contribution in [2.45, 2.75) is 52.8 Å². The Morgan fingerprint density at radius 3 is 2.14 bits per heavy atom. The molecule has 0 N–H and O–H groups in total. The first-order valence-corrected chi connectivity index (χ1v) is 8.10. The van der Waals surface area contributed by atoms with Gasteiger partial charge in [0.1, 0.15) is 0 Å². The van der Waals surface area contributed by atoms with Crippen LogP contribution in [0.2, 0.25) is 18.1 Å². The van der Waals surface area contributed by atoms with Gasteiger partial charge in [-0.15, -0.1) is 5.73 Å². The highest BCUT2D eigenvalue weighted by molar-refractivity contribution is 6.74. The number of rotatable bonds is 3. The Balaban J connectivity index is 4.21. The Morgan fingerprint density at radius 2 is 1.79 bits per heavy atom. The fourth-order valence-corrected chi connectivity index (χ4v) is 1.65. The second-order valence-electron chi connectivity index (χ2n) is 5.42. The standard InChI is InChI=1S/C12H24OSi/c1-11(2)9-8-10-13-14(6,7)12(3,4)5/h8H,10H2,1-7H3. The van der Waals surface area contributed by atoms with E-state index >= 15 is 0 Å². The van der Waals surface area contributed by atoms with Crippen LogP contribution in [0.3, 0.4) is 0 Å². The highest BCUT2D eigenvalue weighted by Crippen LogP contribution is 2.36. The lowest BCUT2D eigenvalue weighted by atomic mass is 10.2. The van der Waals surface area contributed by atoms with Crippen LogP contribution in [-0.4, -0.2) is 14.9 Å². The van der Waals surface area contributed by atoms with Gasteiger partial charge in [-0.05, 0) is 43.6 Å². The summed E-state index contributed by atoms with van der Waals surface area (Å²) < 4.78 is 5.95. The summed E-state index contributed by atoms with van der Waals surface area (Å²) in [5.41, 5.74) is 4.36. The van der Waals surface area contributed by atoms with Gasteiger partial charge >= 0.3 is 0 Å². The van der Waals surface area contributed by atoms with Gasteiger partial charge in [0.25, 0.3) is 0 Å². The first-order valence-electron chi connectivity index (χ1n) is 5.19. The molecule has 0 radical (unpaired) electrons. The van der Waals surface area contributed by atoms with E-state index in [1.165, 1.54) is 5.57 Å². The third kappa shape index (κ3) is 4.80. The van der Waals surface area contributed by atoms with Gasteiger partial charge < -0.3 is 4.43 Å². The molecule has 1 nitrogen and oxygen atoms in total. The van der Waals surface area contributed by atoms with Crippen LogP contribution in [0.25, 0.3) is 0 Å². The molecule has 0 rings (SSSR count). The Hall–Kier alpha value is -0.303. The fraction of sp³-hybridized carbons (Fsp3) is 0.750. The van der Waals surface area contributed by atoms with Crippen LogP contribution in [0.15, 0.2) is 17.4 Å². The van der Waals surface area contributed by atoms with E-state index in [2.05, 4.69) is 39.6 Å². The molecule has 0 unspecified atom stereocenters. The maximum Gasteiger partial charge on any atom is 0.192 e. The van der Waals surface area contributed by atoms with Gasteiger partial charge in [-0.1, -0.05) is 20.8 Å². The largest absolute Gasteiger partial charge is 0.413 e. The Bertz CT molecular complexity index is 236. The zero-order chi connectivity index (χ0) is 11.4. The molecule has 0 fully saturated rings. The van der Waals surface area contributed by atoms with Crippen molar-refractivity contribution in [3.05, 3.63) is 17.4 Å². The molecule has 2 heteroatoms. The molecule has 0 aliphatic heterocycles. The van der Waals surface area contributed by atoms with Gasteiger partial charge in [-0.2, -0.15) is 0 Å². The zero-order valence-corrected chi connectivity index (χ0v) is 11.7. The molecule has 0 saturated heterocycles. The monoisotopic (exact) mass is 212 g/mol. The van der Waals surface area contributed by atoms with E-state index in [-0.39, 0.29) is 0 Å². The van der Waals surface area contributed by atoms with E-state index in [0.29, 0.717) is 11.6 Å². The SMILES string of the molecule is CC(C)=C=CCO[Si](C)(C)C(C)(C)C. The fourth-order valence-electron chi connectivity index (χ4n) is 0.712. The van der Waals surface area contributed by atoms with Crippen molar-refractivity contribution in [2.24, 2.45) is 0 Å². The molecule has 0 aliphatic carbocycles. The van der Waals surface area contributed by atoms with Crippen molar-refractivity contribution in [2.75, 3.05) is 6.61 Å². The lowest BCUT2D eigenvalue weighted by Crippen LogP contribution is -2.40. The first kappa shape index (κ1) is 13.7. The van der Waals surface area contributed by atoms with Gasteiger partial charge in [0.05, 0.1) is 6.61 Å². The van der Waals surface area contributed by atoms with Crippen LogP contribution < -0.4 is 0 Å². The number of hydrogen-bond donors (Lipinski definition) is 0. The third-order valence-corrected chi connectivity index (χ3v) is 7.23. The quantitative estimate of drug-likeness (QED) is 0.505. The van der Waals surface area contributed by atoms with Crippen LogP contribution in [-0.2, 0) is 4.43 Å². The summed E-state index contributed by atoms with van der Waals surface area (Å²) >= 11 is 0. The predicted octanol–water partition coefficient (Wildman–Crippen LogP) is 4.13. The summed E-state index contributed by atoms with van der Waals surface area (Å²) in [6.07, 6.45) is 1.98. The Labute approximate surface area is 90.0 Å². The van der Waals surface area contributed by atoms with E-state index < -0.39 is 8.32 Å². The molecular formula is C12H24OSi. The molecule has 0 bridgehead atoms. The minimum atomic E-state index is -1.56. The highest BCUT2D eigenvalue weighted by Gasteiger charge is 2.36. The van der Waals surface area contributed by atoms with E-state index in [9.17, 15) is 0 Å². The highest BCUT2D eigenvalue weighted by atomic mass is 28.4. The summed E-state index contributed by atoms with van der Waals surface area (Å²) in [6.45, 7) is 16.1. The van der Waals surface area contributed by atoms with Crippen molar-refractivity contribution in [3.8, 4) is 0 Å². The predicted molar refractivity (Wildman–Crippen MR) is 66.1 cm³/mol. The number of hydrogen-bond acceptors (Lipinski definition) is 1. The summed E-state index contributed by atoms with van der Waals surface area (Å²) in [5.74, 6) is 0. The summed E-state index contributed by atoms with van der Waals surface area (Å²) in [6, 6.07) is 0. The minimum Gasteiger partial charge on any atom is -0.413 e. The van der Waals surface area contributed by atoms with E-state index in [4.69, 9.17) is 4.43 Å². The molecule has 0 aromatic carbocycles. The second kappa shape index (κ2) is 4.97. The lowest BCUT2D eigenvalue weighted by Gasteiger charge is -2.35. The molecule has 0 aliphatic rings. The molecule has 0 spiro atoms. The summed E-state index contributed by atoms with van der Waals surface area (Å²) in [4.78, 5) is 0. The van der Waals surface area contributed by atoms with Gasteiger partial charge in [-0.3, -0.25) is 0 Å². The summed E-state index contributed by atoms with van der Waals surface area (Å²) in [5, 5.41) is 0.297. The maximum absolute atomic E-state index is 5.95. The molecule has 14 heavy (non-hydrogen) atoms. The van der Waals surface area contributed by atoms with Crippen molar-refractivity contribution >= 4 is 8.32 Å². The molecule has 0 atom stereocenters. The van der Waals surface area contributed by atoms with Gasteiger partial charge in [0, 0.05) is 0 Å². The van der Waals surface area contributed by atoms with Crippen molar-refractivity contribution in [1.82, 2.24) is 0 Å². The van der Waals surface area contributed by atoms with Crippen LogP contribution in [0.1, 0.15) is 34.6 Å². The average Bonchev–Trinajstić information content (AvgIpc) is 1.95. The van der Waals surface area contributed by atoms with Crippen molar-refractivity contribution < 1.29 is 4.43 Å². The zero-order valence-electron chi connectivity index (χ0n) is 10.7. The lowest BCUT2D eigenvalue weighted by molar-refractivity contribution is 0.328. The average molecular weight is 212 g/mol. The molecule has 0 aromatic rings. The Kier molecular flexibility index (Phi) is 4.86. The van der Waals surface area contributed by atoms with Crippen LogP contribution in [0, 0.1) is 0 Å².